The third-order valence-corrected chi connectivity index (χ3v) is 4.02. The standard InChI is InChI=1S/C16H20ClN5/c1-10-8-22(9-11(2)20-10)16-19-7-14(15(18)21-16)12-4-3-5-13(17)6-12/h3-7,10-11,20H,8-9H2,1-2H3,(H2,18,19,21)/t10-,11+. The Bertz CT molecular complexity index is 665. The molecule has 5 nitrogen and oxygen atoms in total. The first kappa shape index (κ1) is 15.1. The number of nitrogen functional groups attached to an aromatic ring is 1. The van der Waals surface area contributed by atoms with Crippen LogP contribution in [0.1, 0.15) is 13.8 Å². The second-order valence-electron chi connectivity index (χ2n) is 5.85. The van der Waals surface area contributed by atoms with Crippen LogP contribution in [0.15, 0.2) is 30.5 Å². The molecule has 0 radical (unpaired) electrons. The Balaban J connectivity index is 1.89. The summed E-state index contributed by atoms with van der Waals surface area (Å²) in [4.78, 5) is 11.2. The zero-order valence-electron chi connectivity index (χ0n) is 12.8. The molecule has 1 saturated heterocycles. The van der Waals surface area contributed by atoms with Gasteiger partial charge in [0.1, 0.15) is 5.82 Å². The molecule has 0 spiro atoms. The quantitative estimate of drug-likeness (QED) is 0.891. The molecule has 1 aromatic heterocycles. The van der Waals surface area contributed by atoms with E-state index >= 15 is 0 Å². The predicted molar refractivity (Wildman–Crippen MR) is 91.2 cm³/mol. The van der Waals surface area contributed by atoms with Gasteiger partial charge in [-0.3, -0.25) is 0 Å². The van der Waals surface area contributed by atoms with Gasteiger partial charge < -0.3 is 16.0 Å². The molecule has 3 rings (SSSR count). The molecule has 1 aliphatic rings. The zero-order valence-corrected chi connectivity index (χ0v) is 13.5. The Labute approximate surface area is 135 Å². The molecule has 1 aromatic carbocycles. The van der Waals surface area contributed by atoms with Crippen LogP contribution in [-0.4, -0.2) is 35.1 Å². The Morgan fingerprint density at radius 3 is 2.64 bits per heavy atom. The van der Waals surface area contributed by atoms with Gasteiger partial charge in [0.05, 0.1) is 0 Å². The highest BCUT2D eigenvalue weighted by Gasteiger charge is 2.23. The van der Waals surface area contributed by atoms with Crippen molar-refractivity contribution in [1.29, 1.82) is 0 Å². The minimum atomic E-state index is 0.404. The summed E-state index contributed by atoms with van der Waals surface area (Å²) >= 11 is 6.04. The van der Waals surface area contributed by atoms with Gasteiger partial charge in [0.2, 0.25) is 5.95 Å². The highest BCUT2D eigenvalue weighted by atomic mass is 35.5. The summed E-state index contributed by atoms with van der Waals surface area (Å²) in [6.07, 6.45) is 1.78. The zero-order chi connectivity index (χ0) is 15.7. The van der Waals surface area contributed by atoms with Gasteiger partial charge >= 0.3 is 0 Å². The topological polar surface area (TPSA) is 67.1 Å². The third kappa shape index (κ3) is 3.15. The predicted octanol–water partition coefficient (Wildman–Crippen LogP) is 2.57. The molecule has 2 aromatic rings. The molecule has 22 heavy (non-hydrogen) atoms. The average Bonchev–Trinajstić information content (AvgIpc) is 2.46. The van der Waals surface area contributed by atoms with Crippen molar-refractivity contribution in [3.63, 3.8) is 0 Å². The van der Waals surface area contributed by atoms with Crippen LogP contribution in [0.5, 0.6) is 0 Å². The van der Waals surface area contributed by atoms with Crippen LogP contribution in [0.25, 0.3) is 11.1 Å². The fourth-order valence-electron chi connectivity index (χ4n) is 2.91. The second kappa shape index (κ2) is 6.10. The highest BCUT2D eigenvalue weighted by Crippen LogP contribution is 2.27. The number of nitrogens with one attached hydrogen (secondary N) is 1. The number of piperazine rings is 1. The number of aromatic nitrogens is 2. The molecule has 2 atom stereocenters. The van der Waals surface area contributed by atoms with Gasteiger partial charge in [-0.05, 0) is 31.5 Å². The number of nitrogens with two attached hydrogens (primary N) is 1. The van der Waals surface area contributed by atoms with Crippen molar-refractivity contribution in [2.45, 2.75) is 25.9 Å². The first-order chi connectivity index (χ1) is 10.5. The van der Waals surface area contributed by atoms with E-state index < -0.39 is 0 Å². The SMILES string of the molecule is C[C@@H]1CN(c2ncc(-c3cccc(Cl)c3)c(N)n2)C[C@H](C)N1. The molecule has 0 bridgehead atoms. The summed E-state index contributed by atoms with van der Waals surface area (Å²) in [5.41, 5.74) is 7.88. The van der Waals surface area contributed by atoms with E-state index in [2.05, 4.69) is 34.0 Å². The summed E-state index contributed by atoms with van der Waals surface area (Å²) in [6, 6.07) is 8.35. The van der Waals surface area contributed by atoms with E-state index in [1.165, 1.54) is 0 Å². The normalized spacial score (nSPS) is 21.9. The van der Waals surface area contributed by atoms with Gasteiger partial charge in [-0.25, -0.2) is 4.98 Å². The maximum atomic E-state index is 6.14. The van der Waals surface area contributed by atoms with Crippen molar-refractivity contribution in [2.24, 2.45) is 0 Å². The van der Waals surface area contributed by atoms with Crippen LogP contribution in [0.4, 0.5) is 11.8 Å². The number of halogens is 1. The number of hydrogen-bond donors (Lipinski definition) is 2. The summed E-state index contributed by atoms with van der Waals surface area (Å²) in [5.74, 6) is 1.16. The molecule has 3 N–H and O–H groups in total. The lowest BCUT2D eigenvalue weighted by atomic mass is 10.1. The van der Waals surface area contributed by atoms with E-state index in [9.17, 15) is 0 Å². The van der Waals surface area contributed by atoms with Crippen molar-refractivity contribution < 1.29 is 0 Å². The van der Waals surface area contributed by atoms with E-state index in [0.29, 0.717) is 28.9 Å². The number of nitrogens with zero attached hydrogens (tertiary/aromatic N) is 3. The lowest BCUT2D eigenvalue weighted by Gasteiger charge is -2.36. The molecular weight excluding hydrogens is 298 g/mol. The van der Waals surface area contributed by atoms with Crippen molar-refractivity contribution in [3.05, 3.63) is 35.5 Å². The maximum Gasteiger partial charge on any atom is 0.227 e. The Hall–Kier alpha value is -1.85. The summed E-state index contributed by atoms with van der Waals surface area (Å²) < 4.78 is 0. The molecule has 1 fully saturated rings. The smallest absolute Gasteiger partial charge is 0.227 e. The third-order valence-electron chi connectivity index (χ3n) is 3.78. The van der Waals surface area contributed by atoms with E-state index in [4.69, 9.17) is 17.3 Å². The van der Waals surface area contributed by atoms with Crippen LogP contribution in [0.3, 0.4) is 0 Å². The lowest BCUT2D eigenvalue weighted by Crippen LogP contribution is -2.54. The molecule has 1 aliphatic heterocycles. The number of anilines is 2. The molecule has 0 saturated carbocycles. The maximum absolute atomic E-state index is 6.14. The van der Waals surface area contributed by atoms with Gasteiger partial charge in [0.15, 0.2) is 0 Å². The van der Waals surface area contributed by atoms with Crippen molar-refractivity contribution in [3.8, 4) is 11.1 Å². The van der Waals surface area contributed by atoms with Crippen molar-refractivity contribution in [2.75, 3.05) is 23.7 Å². The molecule has 6 heteroatoms. The van der Waals surface area contributed by atoms with Crippen molar-refractivity contribution >= 4 is 23.4 Å². The van der Waals surface area contributed by atoms with Crippen LogP contribution in [0, 0.1) is 0 Å². The minimum Gasteiger partial charge on any atom is -0.383 e. The number of benzene rings is 1. The Morgan fingerprint density at radius 1 is 1.27 bits per heavy atom. The van der Waals surface area contributed by atoms with Crippen LogP contribution >= 0.6 is 11.6 Å². The lowest BCUT2D eigenvalue weighted by molar-refractivity contribution is 0.403. The van der Waals surface area contributed by atoms with E-state index in [1.54, 1.807) is 6.20 Å². The first-order valence-corrected chi connectivity index (χ1v) is 7.80. The first-order valence-electron chi connectivity index (χ1n) is 7.42. The minimum absolute atomic E-state index is 0.404. The fraction of sp³-hybridized carbons (Fsp3) is 0.375. The van der Waals surface area contributed by atoms with Gasteiger partial charge in [0.25, 0.3) is 0 Å². The van der Waals surface area contributed by atoms with Crippen LogP contribution in [-0.2, 0) is 0 Å². The largest absolute Gasteiger partial charge is 0.383 e. The Kier molecular flexibility index (Phi) is 4.18. The van der Waals surface area contributed by atoms with Crippen LogP contribution in [0.2, 0.25) is 5.02 Å². The molecule has 0 amide bonds. The summed E-state index contributed by atoms with van der Waals surface area (Å²) in [7, 11) is 0. The van der Waals surface area contributed by atoms with Gasteiger partial charge in [0, 0.05) is 42.0 Å². The summed E-state index contributed by atoms with van der Waals surface area (Å²) in [5, 5.41) is 4.17. The van der Waals surface area contributed by atoms with E-state index in [1.807, 2.05) is 24.3 Å². The van der Waals surface area contributed by atoms with E-state index in [0.717, 1.165) is 24.2 Å². The van der Waals surface area contributed by atoms with Crippen LogP contribution < -0.4 is 16.0 Å². The van der Waals surface area contributed by atoms with Gasteiger partial charge in [-0.1, -0.05) is 23.7 Å². The van der Waals surface area contributed by atoms with Gasteiger partial charge in [-0.2, -0.15) is 4.98 Å². The summed E-state index contributed by atoms with van der Waals surface area (Å²) in [6.45, 7) is 6.07. The second-order valence-corrected chi connectivity index (χ2v) is 6.29. The number of hydrogen-bond acceptors (Lipinski definition) is 5. The number of rotatable bonds is 2. The van der Waals surface area contributed by atoms with Gasteiger partial charge in [-0.15, -0.1) is 0 Å². The Morgan fingerprint density at radius 2 is 2.00 bits per heavy atom. The average molecular weight is 318 g/mol. The molecule has 2 heterocycles. The molecular formula is C16H20ClN5. The fourth-order valence-corrected chi connectivity index (χ4v) is 3.10. The molecule has 116 valence electrons. The molecule has 0 unspecified atom stereocenters. The highest BCUT2D eigenvalue weighted by molar-refractivity contribution is 6.30. The van der Waals surface area contributed by atoms with E-state index in [-0.39, 0.29) is 0 Å². The monoisotopic (exact) mass is 317 g/mol. The molecule has 0 aliphatic carbocycles. The van der Waals surface area contributed by atoms with Crippen molar-refractivity contribution in [1.82, 2.24) is 15.3 Å².